The molecule has 2 aliphatic heterocycles. The molecule has 2 saturated heterocycles. The second-order valence-corrected chi connectivity index (χ2v) is 12.4. The minimum atomic E-state index is -5.05. The number of fused-ring (bicyclic) bond motifs is 1. The normalized spacial score (nSPS) is 28.0. The van der Waals surface area contributed by atoms with Gasteiger partial charge in [-0.05, 0) is 79.6 Å². The summed E-state index contributed by atoms with van der Waals surface area (Å²) in [6.45, 7) is 3.78. The number of piperidine rings is 2. The average molecular weight is 631 g/mol. The van der Waals surface area contributed by atoms with Gasteiger partial charge in [-0.1, -0.05) is 6.07 Å². The number of alkyl halides is 6. The highest BCUT2D eigenvalue weighted by molar-refractivity contribution is 5.80. The number of carboxylic acids is 1. The Morgan fingerprint density at radius 1 is 1.05 bits per heavy atom. The van der Waals surface area contributed by atoms with Crippen LogP contribution in [-0.4, -0.2) is 64.2 Å². The van der Waals surface area contributed by atoms with Crippen molar-refractivity contribution in [2.24, 2.45) is 17.1 Å². The van der Waals surface area contributed by atoms with Crippen LogP contribution in [0.25, 0.3) is 0 Å². The number of aliphatic carboxylic acids is 1. The van der Waals surface area contributed by atoms with Crippen LogP contribution in [0.2, 0.25) is 0 Å². The van der Waals surface area contributed by atoms with Crippen molar-refractivity contribution in [3.05, 3.63) is 70.0 Å². The first-order chi connectivity index (χ1) is 20.3. The smallest absolute Gasteiger partial charge is 0.416 e. The Hall–Kier alpha value is -3.39. The minimum absolute atomic E-state index is 0.0351. The van der Waals surface area contributed by atoms with Crippen LogP contribution in [0.1, 0.15) is 66.1 Å². The van der Waals surface area contributed by atoms with Gasteiger partial charge in [-0.15, -0.1) is 0 Å². The highest BCUT2D eigenvalue weighted by Crippen LogP contribution is 2.59. The van der Waals surface area contributed by atoms with Crippen molar-refractivity contribution in [3.8, 4) is 0 Å². The molecule has 2 aromatic rings. The summed E-state index contributed by atoms with van der Waals surface area (Å²) >= 11 is 0. The van der Waals surface area contributed by atoms with Crippen molar-refractivity contribution in [1.82, 2.24) is 14.7 Å². The number of carbonyl (C=O) groups is 2. The summed E-state index contributed by atoms with van der Waals surface area (Å²) in [5.41, 5.74) is 2.83. The van der Waals surface area contributed by atoms with Crippen molar-refractivity contribution in [1.29, 1.82) is 0 Å². The van der Waals surface area contributed by atoms with Crippen molar-refractivity contribution in [2.75, 3.05) is 26.7 Å². The van der Waals surface area contributed by atoms with E-state index in [0.717, 1.165) is 4.90 Å². The van der Waals surface area contributed by atoms with Crippen molar-refractivity contribution >= 4 is 12.0 Å². The van der Waals surface area contributed by atoms with Gasteiger partial charge in [0.1, 0.15) is 5.82 Å². The summed E-state index contributed by atoms with van der Waals surface area (Å²) in [7, 11) is 1.30. The lowest BCUT2D eigenvalue weighted by atomic mass is 9.84. The predicted molar refractivity (Wildman–Crippen MR) is 145 cm³/mol. The summed E-state index contributed by atoms with van der Waals surface area (Å²) in [6.07, 6.45) is -9.14. The lowest BCUT2D eigenvalue weighted by Gasteiger charge is -2.50. The number of hydrogen-bond acceptors (Lipinski definition) is 4. The van der Waals surface area contributed by atoms with E-state index in [1.807, 2.05) is 4.90 Å². The summed E-state index contributed by atoms with van der Waals surface area (Å²) in [4.78, 5) is 30.3. The Bertz CT molecular complexity index is 1450. The van der Waals surface area contributed by atoms with Gasteiger partial charge in [-0.25, -0.2) is 9.18 Å². The van der Waals surface area contributed by atoms with Gasteiger partial charge in [-0.2, -0.15) is 26.3 Å². The molecular formula is C30H33F7N4O3. The average Bonchev–Trinajstić information content (AvgIpc) is 3.51. The number of carbonyl (C=O) groups excluding carboxylic acids is 1. The van der Waals surface area contributed by atoms with Gasteiger partial charge in [-0.3, -0.25) is 9.69 Å². The molecule has 1 aliphatic carbocycles. The summed E-state index contributed by atoms with van der Waals surface area (Å²) in [5, 5.41) is 9.77. The topological polar surface area (TPSA) is 90.1 Å². The van der Waals surface area contributed by atoms with Crippen LogP contribution < -0.4 is 5.73 Å². The minimum Gasteiger partial charge on any atom is -0.481 e. The molecule has 3 aliphatic rings. The molecule has 3 N–H and O–H groups in total. The van der Waals surface area contributed by atoms with Crippen LogP contribution in [0, 0.1) is 24.1 Å². The Morgan fingerprint density at radius 2 is 1.66 bits per heavy atom. The zero-order chi connectivity index (χ0) is 32.6. The molecule has 5 rings (SSSR count). The van der Waals surface area contributed by atoms with Gasteiger partial charge >= 0.3 is 24.4 Å². The fraction of sp³-hybridized carbons (Fsp3) is 0.533. The number of rotatable bonds is 5. The molecule has 5 unspecified atom stereocenters. The number of benzene rings is 2. The standard InChI is InChI=1S/C30H33F7N4O3/c1-16-8-22(31)4-5-23(16)24-13-28(38,40-14-21-12-27(21,15-40)25(42)43)6-7-41(24)26(44)39(3)17(2)18-9-19(29(32,33)34)11-20(10-18)30(35,36)37/h4-5,8-11,17,21,24H,6-7,12-15,38H2,1-3H3,(H,42,43). The van der Waals surface area contributed by atoms with E-state index in [1.165, 1.54) is 37.1 Å². The number of nitrogens with two attached hydrogens (primary N) is 1. The van der Waals surface area contributed by atoms with Gasteiger partial charge in [0, 0.05) is 33.1 Å². The fourth-order valence-electron chi connectivity index (χ4n) is 6.79. The molecule has 2 aromatic carbocycles. The van der Waals surface area contributed by atoms with Gasteiger partial charge in [0.05, 0.1) is 34.3 Å². The number of hydrogen-bond donors (Lipinski definition) is 2. The van der Waals surface area contributed by atoms with E-state index in [0.29, 0.717) is 36.2 Å². The Kier molecular flexibility index (Phi) is 7.72. The van der Waals surface area contributed by atoms with Gasteiger partial charge in [0.25, 0.3) is 0 Å². The summed E-state index contributed by atoms with van der Waals surface area (Å²) in [5.74, 6) is -1.42. The monoisotopic (exact) mass is 630 g/mol. The second-order valence-electron chi connectivity index (χ2n) is 12.4. The maximum Gasteiger partial charge on any atom is 0.416 e. The molecule has 14 heteroatoms. The number of nitrogens with zero attached hydrogens (tertiary/aromatic N) is 3. The molecule has 0 radical (unpaired) electrons. The van der Waals surface area contributed by atoms with Gasteiger partial charge < -0.3 is 20.6 Å². The van der Waals surface area contributed by atoms with Gasteiger partial charge in [0.2, 0.25) is 0 Å². The number of aryl methyl sites for hydroxylation is 1. The van der Waals surface area contributed by atoms with E-state index in [1.54, 1.807) is 6.92 Å². The van der Waals surface area contributed by atoms with Crippen LogP contribution in [0.4, 0.5) is 35.5 Å². The van der Waals surface area contributed by atoms with Crippen molar-refractivity contribution in [3.63, 3.8) is 0 Å². The maximum atomic E-state index is 14.1. The van der Waals surface area contributed by atoms with Crippen LogP contribution in [0.5, 0.6) is 0 Å². The third-order valence-electron chi connectivity index (χ3n) is 9.72. The number of likely N-dealkylation sites (tertiary alicyclic amines) is 2. The van der Waals surface area contributed by atoms with E-state index >= 15 is 0 Å². The van der Waals surface area contributed by atoms with E-state index in [4.69, 9.17) is 5.73 Å². The highest BCUT2D eigenvalue weighted by Gasteiger charge is 2.67. The number of amides is 2. The van der Waals surface area contributed by atoms with Crippen molar-refractivity contribution < 1.29 is 45.4 Å². The zero-order valence-electron chi connectivity index (χ0n) is 24.3. The largest absolute Gasteiger partial charge is 0.481 e. The van der Waals surface area contributed by atoms with Crippen molar-refractivity contribution in [2.45, 2.75) is 63.2 Å². The first-order valence-electron chi connectivity index (χ1n) is 14.1. The van der Waals surface area contributed by atoms with Gasteiger partial charge in [0.15, 0.2) is 0 Å². The molecule has 2 heterocycles. The first kappa shape index (κ1) is 32.0. The lowest BCUT2D eigenvalue weighted by molar-refractivity contribution is -0.144. The lowest BCUT2D eigenvalue weighted by Crippen LogP contribution is -2.63. The van der Waals surface area contributed by atoms with E-state index < -0.39 is 64.5 Å². The summed E-state index contributed by atoms with van der Waals surface area (Å²) in [6, 6.07) is 2.70. The summed E-state index contributed by atoms with van der Waals surface area (Å²) < 4.78 is 95.2. The number of carboxylic acid groups (broad SMARTS) is 1. The molecule has 1 saturated carbocycles. The molecule has 5 atom stereocenters. The number of urea groups is 1. The first-order valence-corrected chi connectivity index (χ1v) is 14.1. The second kappa shape index (κ2) is 10.6. The maximum absolute atomic E-state index is 14.1. The van der Waals surface area contributed by atoms with E-state index in [2.05, 4.69) is 0 Å². The fourth-order valence-corrected chi connectivity index (χ4v) is 6.79. The van der Waals surface area contributed by atoms with Crippen LogP contribution in [0.15, 0.2) is 36.4 Å². The third-order valence-corrected chi connectivity index (χ3v) is 9.72. The molecule has 0 bridgehead atoms. The molecule has 2 amide bonds. The predicted octanol–water partition coefficient (Wildman–Crippen LogP) is 6.18. The SMILES string of the molecule is Cc1cc(F)ccc1C1CC(N)(N2CC3CC3(C(=O)O)C2)CCN1C(=O)N(C)C(C)c1cc(C(F)(F)F)cc(C(F)(F)F)c1. The van der Waals surface area contributed by atoms with Crippen LogP contribution >= 0.6 is 0 Å². The highest BCUT2D eigenvalue weighted by atomic mass is 19.4. The Morgan fingerprint density at radius 3 is 2.18 bits per heavy atom. The Labute approximate surface area is 249 Å². The molecule has 240 valence electrons. The molecular weight excluding hydrogens is 597 g/mol. The molecule has 0 aromatic heterocycles. The molecule has 44 heavy (non-hydrogen) atoms. The van der Waals surface area contributed by atoms with Crippen LogP contribution in [0.3, 0.4) is 0 Å². The third kappa shape index (κ3) is 5.62. The van der Waals surface area contributed by atoms with Crippen LogP contribution in [-0.2, 0) is 17.1 Å². The Balaban J connectivity index is 1.46. The molecule has 7 nitrogen and oxygen atoms in total. The molecule has 3 fully saturated rings. The number of halogens is 7. The quantitative estimate of drug-likeness (QED) is 0.385. The molecule has 0 spiro atoms. The van der Waals surface area contributed by atoms with E-state index in [9.17, 15) is 45.4 Å². The van der Waals surface area contributed by atoms with E-state index in [-0.39, 0.29) is 43.5 Å². The zero-order valence-corrected chi connectivity index (χ0v) is 24.3.